The first-order valence-corrected chi connectivity index (χ1v) is 9.33. The van der Waals surface area contributed by atoms with Gasteiger partial charge in [0.25, 0.3) is 0 Å². The Labute approximate surface area is 118 Å². The number of thiazole rings is 1. The van der Waals surface area contributed by atoms with Crippen LogP contribution >= 0.6 is 11.3 Å². The Hall–Kier alpha value is -0.660. The Morgan fingerprint density at radius 1 is 1.37 bits per heavy atom. The van der Waals surface area contributed by atoms with Gasteiger partial charge in [0, 0.05) is 24.5 Å². The molecular weight excluding hydrogens is 282 g/mol. The summed E-state index contributed by atoms with van der Waals surface area (Å²) in [6.45, 7) is 3.95. The van der Waals surface area contributed by atoms with Gasteiger partial charge in [-0.2, -0.15) is 0 Å². The van der Waals surface area contributed by atoms with Crippen LogP contribution in [0.25, 0.3) is 0 Å². The zero-order valence-electron chi connectivity index (χ0n) is 11.3. The first-order valence-electron chi connectivity index (χ1n) is 6.69. The SMILES string of the molecule is CCCc1nc(N2CCCS(=O)(=O)CC2)sc1CN. The molecule has 0 saturated carbocycles. The number of nitrogens with two attached hydrogens (primary N) is 1. The molecule has 1 aromatic rings. The fourth-order valence-electron chi connectivity index (χ4n) is 2.23. The maximum atomic E-state index is 11.6. The van der Waals surface area contributed by atoms with Crippen LogP contribution in [0, 0.1) is 0 Å². The zero-order chi connectivity index (χ0) is 13.9. The fraction of sp³-hybridized carbons (Fsp3) is 0.750. The maximum absolute atomic E-state index is 11.6. The largest absolute Gasteiger partial charge is 0.347 e. The van der Waals surface area contributed by atoms with Crippen LogP contribution in [0.3, 0.4) is 0 Å². The van der Waals surface area contributed by atoms with E-state index in [9.17, 15) is 8.42 Å². The molecule has 1 aliphatic rings. The van der Waals surface area contributed by atoms with Crippen molar-refractivity contribution in [3.63, 3.8) is 0 Å². The summed E-state index contributed by atoms with van der Waals surface area (Å²) in [6.07, 6.45) is 2.67. The fourth-order valence-corrected chi connectivity index (χ4v) is 4.53. The molecule has 108 valence electrons. The topological polar surface area (TPSA) is 76.3 Å². The van der Waals surface area contributed by atoms with Crippen molar-refractivity contribution in [2.24, 2.45) is 5.73 Å². The molecule has 1 aliphatic heterocycles. The Kier molecular flexibility index (Phi) is 4.81. The second kappa shape index (κ2) is 6.19. The zero-order valence-corrected chi connectivity index (χ0v) is 12.9. The summed E-state index contributed by atoms with van der Waals surface area (Å²) in [7, 11) is -2.87. The predicted octanol–water partition coefficient (Wildman–Crippen LogP) is 1.18. The third-order valence-corrected chi connectivity index (χ3v) is 6.16. The number of anilines is 1. The number of hydrogen-bond donors (Lipinski definition) is 1. The third kappa shape index (κ3) is 3.67. The number of aromatic nitrogens is 1. The van der Waals surface area contributed by atoms with Gasteiger partial charge in [-0.25, -0.2) is 13.4 Å². The Bertz CT molecular complexity index is 525. The second-order valence-corrected chi connectivity index (χ2v) is 8.18. The molecule has 1 fully saturated rings. The van der Waals surface area contributed by atoms with Crippen LogP contribution < -0.4 is 10.6 Å². The standard InChI is InChI=1S/C12H21N3O2S2/c1-2-4-10-11(9-13)18-12(14-10)15-5-3-7-19(16,17)8-6-15/h2-9,13H2,1H3. The van der Waals surface area contributed by atoms with Crippen LogP contribution in [0.1, 0.15) is 30.3 Å². The van der Waals surface area contributed by atoms with Gasteiger partial charge in [0.1, 0.15) is 0 Å². The van der Waals surface area contributed by atoms with Crippen LogP contribution in [-0.4, -0.2) is 38.0 Å². The molecule has 2 heterocycles. The van der Waals surface area contributed by atoms with Crippen LogP contribution in [0.4, 0.5) is 5.13 Å². The molecule has 1 aromatic heterocycles. The van der Waals surface area contributed by atoms with Gasteiger partial charge in [0.15, 0.2) is 15.0 Å². The van der Waals surface area contributed by atoms with Crippen LogP contribution in [0.2, 0.25) is 0 Å². The van der Waals surface area contributed by atoms with Gasteiger partial charge >= 0.3 is 0 Å². The molecule has 0 radical (unpaired) electrons. The van der Waals surface area contributed by atoms with Gasteiger partial charge in [0.2, 0.25) is 0 Å². The normalized spacial score (nSPS) is 19.4. The Balaban J connectivity index is 2.17. The second-order valence-electron chi connectivity index (χ2n) is 4.81. The highest BCUT2D eigenvalue weighted by Gasteiger charge is 2.22. The molecule has 0 bridgehead atoms. The molecule has 0 aliphatic carbocycles. The number of hydrogen-bond acceptors (Lipinski definition) is 6. The molecule has 0 aromatic carbocycles. The van der Waals surface area contributed by atoms with Crippen molar-refractivity contribution in [1.29, 1.82) is 0 Å². The van der Waals surface area contributed by atoms with Crippen LogP contribution in [0.5, 0.6) is 0 Å². The third-order valence-electron chi connectivity index (χ3n) is 3.27. The van der Waals surface area contributed by atoms with E-state index >= 15 is 0 Å². The highest BCUT2D eigenvalue weighted by Crippen LogP contribution is 2.28. The van der Waals surface area contributed by atoms with Gasteiger partial charge in [-0.3, -0.25) is 0 Å². The van der Waals surface area contributed by atoms with E-state index in [1.165, 1.54) is 0 Å². The lowest BCUT2D eigenvalue weighted by atomic mass is 10.2. The number of rotatable bonds is 4. The summed E-state index contributed by atoms with van der Waals surface area (Å²) in [5, 5.41) is 0.931. The molecule has 0 unspecified atom stereocenters. The van der Waals surface area contributed by atoms with Crippen molar-refractivity contribution in [1.82, 2.24) is 4.98 Å². The molecule has 0 amide bonds. The molecule has 19 heavy (non-hydrogen) atoms. The summed E-state index contributed by atoms with van der Waals surface area (Å²) < 4.78 is 23.2. The summed E-state index contributed by atoms with van der Waals surface area (Å²) >= 11 is 1.61. The quantitative estimate of drug-likeness (QED) is 0.904. The molecule has 7 heteroatoms. The van der Waals surface area contributed by atoms with E-state index in [0.29, 0.717) is 25.3 Å². The minimum Gasteiger partial charge on any atom is -0.347 e. The van der Waals surface area contributed by atoms with Crippen molar-refractivity contribution in [3.8, 4) is 0 Å². The van der Waals surface area contributed by atoms with E-state index in [1.54, 1.807) is 11.3 Å². The monoisotopic (exact) mass is 303 g/mol. The van der Waals surface area contributed by atoms with Gasteiger partial charge in [-0.1, -0.05) is 13.3 Å². The maximum Gasteiger partial charge on any atom is 0.185 e. The Morgan fingerprint density at radius 2 is 2.16 bits per heavy atom. The van der Waals surface area contributed by atoms with Crippen molar-refractivity contribution >= 4 is 26.3 Å². The first kappa shape index (κ1) is 14.7. The number of nitrogens with zero attached hydrogens (tertiary/aromatic N) is 2. The highest BCUT2D eigenvalue weighted by molar-refractivity contribution is 7.91. The molecule has 0 atom stereocenters. The molecule has 2 N–H and O–H groups in total. The van der Waals surface area contributed by atoms with Gasteiger partial charge in [-0.15, -0.1) is 11.3 Å². The van der Waals surface area contributed by atoms with Crippen molar-refractivity contribution in [2.75, 3.05) is 29.5 Å². The number of sulfone groups is 1. The Morgan fingerprint density at radius 3 is 2.84 bits per heavy atom. The minimum absolute atomic E-state index is 0.230. The van der Waals surface area contributed by atoms with E-state index in [4.69, 9.17) is 5.73 Å². The molecular formula is C12H21N3O2S2. The van der Waals surface area contributed by atoms with Gasteiger partial charge < -0.3 is 10.6 Å². The summed E-state index contributed by atoms with van der Waals surface area (Å²) in [6, 6.07) is 0. The first-order chi connectivity index (χ1) is 9.05. The highest BCUT2D eigenvalue weighted by atomic mass is 32.2. The lowest BCUT2D eigenvalue weighted by Gasteiger charge is -2.17. The van der Waals surface area contributed by atoms with Gasteiger partial charge in [-0.05, 0) is 12.8 Å². The van der Waals surface area contributed by atoms with E-state index in [1.807, 2.05) is 0 Å². The van der Waals surface area contributed by atoms with E-state index < -0.39 is 9.84 Å². The molecule has 2 rings (SSSR count). The average molecular weight is 303 g/mol. The molecule has 0 spiro atoms. The summed E-state index contributed by atoms with van der Waals surface area (Å²) in [5.74, 6) is 0.522. The lowest BCUT2D eigenvalue weighted by Crippen LogP contribution is -2.26. The minimum atomic E-state index is -2.87. The van der Waals surface area contributed by atoms with Crippen molar-refractivity contribution < 1.29 is 8.42 Å². The van der Waals surface area contributed by atoms with E-state index in [-0.39, 0.29) is 5.75 Å². The van der Waals surface area contributed by atoms with Crippen molar-refractivity contribution in [2.45, 2.75) is 32.7 Å². The number of aryl methyl sites for hydroxylation is 1. The molecule has 1 saturated heterocycles. The molecule has 5 nitrogen and oxygen atoms in total. The van der Waals surface area contributed by atoms with E-state index in [0.717, 1.165) is 35.1 Å². The summed E-state index contributed by atoms with van der Waals surface area (Å²) in [5.41, 5.74) is 6.83. The summed E-state index contributed by atoms with van der Waals surface area (Å²) in [4.78, 5) is 7.87. The van der Waals surface area contributed by atoms with Gasteiger partial charge in [0.05, 0.1) is 17.2 Å². The van der Waals surface area contributed by atoms with Crippen molar-refractivity contribution in [3.05, 3.63) is 10.6 Å². The average Bonchev–Trinajstić information content (AvgIpc) is 2.67. The lowest BCUT2D eigenvalue weighted by molar-refractivity contribution is 0.597. The smallest absolute Gasteiger partial charge is 0.185 e. The van der Waals surface area contributed by atoms with E-state index in [2.05, 4.69) is 16.8 Å². The predicted molar refractivity (Wildman–Crippen MR) is 79.5 cm³/mol. The van der Waals surface area contributed by atoms with Crippen LogP contribution in [0.15, 0.2) is 0 Å². The van der Waals surface area contributed by atoms with Crippen LogP contribution in [-0.2, 0) is 22.8 Å².